The Labute approximate surface area is 132 Å². The minimum Gasteiger partial charge on any atom is -0.506 e. The maximum Gasteiger partial charge on any atom is 0.267 e. The number of benzene rings is 2. The van der Waals surface area contributed by atoms with Crippen LogP contribution in [0.4, 0.5) is 5.69 Å². The van der Waals surface area contributed by atoms with E-state index in [9.17, 15) is 14.7 Å². The topological polar surface area (TPSA) is 73.4 Å². The molecule has 116 valence electrons. The molecule has 0 aliphatic carbocycles. The first-order valence-electron chi connectivity index (χ1n) is 7.18. The summed E-state index contributed by atoms with van der Waals surface area (Å²) < 4.78 is 0. The minimum atomic E-state index is -0.603. The number of H-pyrrole nitrogens is 1. The van der Waals surface area contributed by atoms with Crippen molar-refractivity contribution in [2.24, 2.45) is 0 Å². The number of para-hydroxylation sites is 1. The van der Waals surface area contributed by atoms with E-state index in [-0.39, 0.29) is 11.3 Å². The van der Waals surface area contributed by atoms with Gasteiger partial charge in [0.15, 0.2) is 0 Å². The smallest absolute Gasteiger partial charge is 0.267 e. The van der Waals surface area contributed by atoms with Gasteiger partial charge in [0.05, 0.1) is 5.52 Å². The highest BCUT2D eigenvalue weighted by Crippen LogP contribution is 2.29. The standard InChI is InChI=1S/C18H16N2O3/c1-11-7-6-10-13-14(11)16(21)15(17(22)19-13)18(23)20(2)12-8-4-3-5-9-12/h3-10H,1-2H3,(H2,19,21,22). The number of aromatic hydroxyl groups is 1. The monoisotopic (exact) mass is 308 g/mol. The quantitative estimate of drug-likeness (QED) is 0.764. The predicted octanol–water partition coefficient (Wildman–Crippen LogP) is 2.82. The molecule has 0 fully saturated rings. The second-order valence-corrected chi connectivity index (χ2v) is 5.37. The van der Waals surface area contributed by atoms with E-state index < -0.39 is 11.5 Å². The summed E-state index contributed by atoms with van der Waals surface area (Å²) in [4.78, 5) is 29.0. The van der Waals surface area contributed by atoms with E-state index in [1.807, 2.05) is 19.1 Å². The fourth-order valence-corrected chi connectivity index (χ4v) is 2.64. The molecule has 2 aromatic carbocycles. The Morgan fingerprint density at radius 2 is 1.78 bits per heavy atom. The van der Waals surface area contributed by atoms with Gasteiger partial charge in [0, 0.05) is 18.1 Å². The SMILES string of the molecule is Cc1cccc2[nH]c(=O)c(C(=O)N(C)c3ccccc3)c(O)c12. The summed E-state index contributed by atoms with van der Waals surface area (Å²) in [6, 6.07) is 14.2. The predicted molar refractivity (Wildman–Crippen MR) is 90.1 cm³/mol. The normalized spacial score (nSPS) is 10.7. The molecule has 1 amide bonds. The van der Waals surface area contributed by atoms with Gasteiger partial charge >= 0.3 is 0 Å². The highest BCUT2D eigenvalue weighted by molar-refractivity contribution is 6.10. The third-order valence-corrected chi connectivity index (χ3v) is 3.88. The number of carbonyl (C=O) groups is 1. The second kappa shape index (κ2) is 5.61. The van der Waals surface area contributed by atoms with Crippen LogP contribution in [0.25, 0.3) is 10.9 Å². The molecular weight excluding hydrogens is 292 g/mol. The van der Waals surface area contributed by atoms with Crippen molar-refractivity contribution in [2.75, 3.05) is 11.9 Å². The first-order valence-corrected chi connectivity index (χ1v) is 7.18. The maximum atomic E-state index is 12.7. The largest absolute Gasteiger partial charge is 0.506 e. The van der Waals surface area contributed by atoms with Crippen LogP contribution >= 0.6 is 0 Å². The average molecular weight is 308 g/mol. The molecule has 0 spiro atoms. The second-order valence-electron chi connectivity index (χ2n) is 5.37. The molecule has 3 rings (SSSR count). The van der Waals surface area contributed by atoms with Crippen LogP contribution in [0, 0.1) is 6.92 Å². The molecule has 0 saturated heterocycles. The average Bonchev–Trinajstić information content (AvgIpc) is 2.54. The zero-order chi connectivity index (χ0) is 16.6. The third kappa shape index (κ3) is 2.46. The molecule has 2 N–H and O–H groups in total. The summed E-state index contributed by atoms with van der Waals surface area (Å²) in [5.74, 6) is -0.838. The van der Waals surface area contributed by atoms with Gasteiger partial charge in [-0.3, -0.25) is 9.59 Å². The number of nitrogens with zero attached hydrogens (tertiary/aromatic N) is 1. The van der Waals surface area contributed by atoms with Crippen molar-refractivity contribution in [1.82, 2.24) is 4.98 Å². The van der Waals surface area contributed by atoms with Gasteiger partial charge < -0.3 is 15.0 Å². The van der Waals surface area contributed by atoms with E-state index in [1.54, 1.807) is 43.4 Å². The molecule has 23 heavy (non-hydrogen) atoms. The van der Waals surface area contributed by atoms with E-state index >= 15 is 0 Å². The van der Waals surface area contributed by atoms with Crippen LogP contribution in [0.1, 0.15) is 15.9 Å². The summed E-state index contributed by atoms with van der Waals surface area (Å²) in [6.45, 7) is 1.82. The highest BCUT2D eigenvalue weighted by Gasteiger charge is 2.23. The van der Waals surface area contributed by atoms with Crippen LogP contribution in [0.3, 0.4) is 0 Å². The lowest BCUT2D eigenvalue weighted by molar-refractivity contribution is 0.0989. The van der Waals surface area contributed by atoms with Gasteiger partial charge in [-0.15, -0.1) is 0 Å². The van der Waals surface area contributed by atoms with E-state index in [1.165, 1.54) is 4.90 Å². The Hall–Kier alpha value is -3.08. The molecule has 0 bridgehead atoms. The fourth-order valence-electron chi connectivity index (χ4n) is 2.64. The molecule has 5 nitrogen and oxygen atoms in total. The number of pyridine rings is 1. The Kier molecular flexibility index (Phi) is 3.62. The van der Waals surface area contributed by atoms with E-state index in [4.69, 9.17) is 0 Å². The zero-order valence-electron chi connectivity index (χ0n) is 12.8. The Bertz CT molecular complexity index is 946. The summed E-state index contributed by atoms with van der Waals surface area (Å²) in [6.07, 6.45) is 0. The number of hydrogen-bond acceptors (Lipinski definition) is 3. The van der Waals surface area contributed by atoms with Crippen molar-refractivity contribution in [1.29, 1.82) is 0 Å². The van der Waals surface area contributed by atoms with Crippen LogP contribution in [0.15, 0.2) is 53.3 Å². The van der Waals surface area contributed by atoms with Crippen LogP contribution in [-0.4, -0.2) is 23.0 Å². The lowest BCUT2D eigenvalue weighted by Crippen LogP contribution is -2.31. The number of aromatic nitrogens is 1. The molecule has 0 saturated carbocycles. The van der Waals surface area contributed by atoms with Gasteiger partial charge in [-0.1, -0.05) is 30.3 Å². The number of carbonyl (C=O) groups excluding carboxylic acids is 1. The van der Waals surface area contributed by atoms with E-state index in [0.717, 1.165) is 5.56 Å². The molecule has 0 radical (unpaired) electrons. The molecule has 1 heterocycles. The van der Waals surface area contributed by atoms with Crippen LogP contribution in [0.2, 0.25) is 0 Å². The van der Waals surface area contributed by atoms with Gasteiger partial charge in [-0.05, 0) is 30.7 Å². The number of fused-ring (bicyclic) bond motifs is 1. The van der Waals surface area contributed by atoms with Crippen molar-refractivity contribution < 1.29 is 9.90 Å². The highest BCUT2D eigenvalue weighted by atomic mass is 16.3. The van der Waals surface area contributed by atoms with Crippen molar-refractivity contribution in [3.63, 3.8) is 0 Å². The summed E-state index contributed by atoms with van der Waals surface area (Å²) in [5, 5.41) is 11.0. The number of amides is 1. The van der Waals surface area contributed by atoms with Crippen LogP contribution < -0.4 is 10.5 Å². The lowest BCUT2D eigenvalue weighted by atomic mass is 10.1. The molecule has 0 atom stereocenters. The Morgan fingerprint density at radius 3 is 2.48 bits per heavy atom. The summed E-state index contributed by atoms with van der Waals surface area (Å²) in [5.41, 5.74) is 1.08. The van der Waals surface area contributed by atoms with Crippen LogP contribution in [0.5, 0.6) is 5.75 Å². The molecular formula is C18H16N2O3. The van der Waals surface area contributed by atoms with E-state index in [0.29, 0.717) is 16.6 Å². The van der Waals surface area contributed by atoms with Crippen molar-refractivity contribution in [2.45, 2.75) is 6.92 Å². The zero-order valence-corrected chi connectivity index (χ0v) is 12.8. The number of hydrogen-bond donors (Lipinski definition) is 2. The first kappa shape index (κ1) is 14.8. The molecule has 0 unspecified atom stereocenters. The van der Waals surface area contributed by atoms with Gasteiger partial charge in [0.1, 0.15) is 11.3 Å². The van der Waals surface area contributed by atoms with Gasteiger partial charge in [-0.25, -0.2) is 0 Å². The molecule has 0 aliphatic heterocycles. The first-order chi connectivity index (χ1) is 11.0. The lowest BCUT2D eigenvalue weighted by Gasteiger charge is -2.18. The van der Waals surface area contributed by atoms with E-state index in [2.05, 4.69) is 4.98 Å². The maximum absolute atomic E-state index is 12.7. The van der Waals surface area contributed by atoms with Gasteiger partial charge in [0.25, 0.3) is 11.5 Å². The van der Waals surface area contributed by atoms with Crippen LogP contribution in [-0.2, 0) is 0 Å². The number of aryl methyl sites for hydroxylation is 1. The Morgan fingerprint density at radius 1 is 1.09 bits per heavy atom. The molecule has 0 aliphatic rings. The minimum absolute atomic E-state index is 0.252. The number of aromatic amines is 1. The third-order valence-electron chi connectivity index (χ3n) is 3.88. The Balaban J connectivity index is 2.18. The van der Waals surface area contributed by atoms with Gasteiger partial charge in [-0.2, -0.15) is 0 Å². The molecule has 3 aromatic rings. The van der Waals surface area contributed by atoms with Crippen molar-refractivity contribution >= 4 is 22.5 Å². The summed E-state index contributed by atoms with van der Waals surface area (Å²) >= 11 is 0. The van der Waals surface area contributed by atoms with Crippen molar-refractivity contribution in [3.05, 3.63) is 70.0 Å². The number of rotatable bonds is 2. The van der Waals surface area contributed by atoms with Crippen molar-refractivity contribution in [3.8, 4) is 5.75 Å². The van der Waals surface area contributed by atoms with Gasteiger partial charge in [0.2, 0.25) is 0 Å². The molecule has 1 aromatic heterocycles. The summed E-state index contributed by atoms with van der Waals surface area (Å²) in [7, 11) is 1.57. The number of nitrogens with one attached hydrogen (secondary N) is 1. The fraction of sp³-hybridized carbons (Fsp3) is 0.111. The number of anilines is 1. The molecule has 5 heteroatoms.